The van der Waals surface area contributed by atoms with Gasteiger partial charge in [0.05, 0.1) is 4.92 Å². The number of hydrogen-bond acceptors (Lipinski definition) is 4. The molecule has 0 heterocycles. The summed E-state index contributed by atoms with van der Waals surface area (Å²) in [6.45, 7) is 0. The van der Waals surface area contributed by atoms with Crippen molar-refractivity contribution < 1.29 is 10.1 Å². The van der Waals surface area contributed by atoms with Crippen LogP contribution in [0.1, 0.15) is 5.56 Å². The number of nitrogens with two attached hydrogens (primary N) is 1. The van der Waals surface area contributed by atoms with Gasteiger partial charge >= 0.3 is 0 Å². The van der Waals surface area contributed by atoms with Crippen molar-refractivity contribution in [3.8, 4) is 0 Å². The first kappa shape index (κ1) is 9.97. The second kappa shape index (κ2) is 4.22. The first-order valence-electron chi connectivity index (χ1n) is 3.84. The Morgan fingerprint density at radius 2 is 2.21 bits per heavy atom. The van der Waals surface area contributed by atoms with Crippen molar-refractivity contribution in [1.29, 1.82) is 0 Å². The van der Waals surface area contributed by atoms with Crippen LogP contribution in [0.2, 0.25) is 0 Å². The van der Waals surface area contributed by atoms with Crippen LogP contribution < -0.4 is 5.73 Å². The van der Waals surface area contributed by atoms with Crippen LogP contribution in [0.4, 0.5) is 5.69 Å². The zero-order valence-electron chi connectivity index (χ0n) is 7.25. The number of nitro groups is 1. The highest BCUT2D eigenvalue weighted by Crippen LogP contribution is 2.17. The van der Waals surface area contributed by atoms with Gasteiger partial charge in [-0.25, -0.2) is 0 Å². The molecule has 3 N–H and O–H groups in total. The predicted octanol–water partition coefficient (Wildman–Crippen LogP) is 0.884. The fourth-order valence-corrected chi connectivity index (χ4v) is 1.07. The summed E-state index contributed by atoms with van der Waals surface area (Å²) in [4.78, 5) is 10.1. The quantitative estimate of drug-likeness (QED) is 0.246. The van der Waals surface area contributed by atoms with E-state index in [4.69, 9.17) is 10.9 Å². The maximum atomic E-state index is 10.6. The molecule has 0 bridgehead atoms. The van der Waals surface area contributed by atoms with Gasteiger partial charge in [-0.15, -0.1) is 0 Å². The molecule has 0 atom stereocenters. The Morgan fingerprint density at radius 3 is 2.79 bits per heavy atom. The molecule has 0 saturated heterocycles. The molecule has 0 saturated carbocycles. The molecule has 0 aliphatic carbocycles. The van der Waals surface area contributed by atoms with Gasteiger partial charge in [0.25, 0.3) is 5.69 Å². The van der Waals surface area contributed by atoms with Crippen molar-refractivity contribution in [2.75, 3.05) is 0 Å². The third kappa shape index (κ3) is 2.19. The van der Waals surface area contributed by atoms with Gasteiger partial charge in [-0.2, -0.15) is 0 Å². The Morgan fingerprint density at radius 1 is 1.57 bits per heavy atom. The maximum Gasteiger partial charge on any atom is 0.273 e. The van der Waals surface area contributed by atoms with Gasteiger partial charge in [-0.1, -0.05) is 23.4 Å². The molecule has 6 heteroatoms. The van der Waals surface area contributed by atoms with E-state index in [1.54, 1.807) is 18.2 Å². The largest absolute Gasteiger partial charge is 0.409 e. The van der Waals surface area contributed by atoms with Gasteiger partial charge < -0.3 is 10.9 Å². The number of benzene rings is 1. The van der Waals surface area contributed by atoms with Gasteiger partial charge in [0, 0.05) is 18.1 Å². The molecule has 0 spiro atoms. The maximum absolute atomic E-state index is 10.6. The first-order chi connectivity index (χ1) is 6.65. The summed E-state index contributed by atoms with van der Waals surface area (Å²) in [6.07, 6.45) is 0.0631. The van der Waals surface area contributed by atoms with E-state index >= 15 is 0 Å². The lowest BCUT2D eigenvalue weighted by molar-refractivity contribution is -0.385. The summed E-state index contributed by atoms with van der Waals surface area (Å²) < 4.78 is 0. The monoisotopic (exact) mass is 195 g/mol. The second-order valence-electron chi connectivity index (χ2n) is 2.65. The summed E-state index contributed by atoms with van der Waals surface area (Å²) in [5, 5.41) is 21.6. The van der Waals surface area contributed by atoms with E-state index in [1.165, 1.54) is 6.07 Å². The van der Waals surface area contributed by atoms with Crippen LogP contribution in [-0.4, -0.2) is 16.0 Å². The van der Waals surface area contributed by atoms with Crippen LogP contribution in [0.5, 0.6) is 0 Å². The number of hydrogen-bond donors (Lipinski definition) is 2. The van der Waals surface area contributed by atoms with Gasteiger partial charge in [0.1, 0.15) is 5.84 Å². The lowest BCUT2D eigenvalue weighted by atomic mass is 10.1. The van der Waals surface area contributed by atoms with Gasteiger partial charge in [0.15, 0.2) is 0 Å². The minimum atomic E-state index is -0.500. The number of nitrogens with zero attached hydrogens (tertiary/aromatic N) is 2. The molecule has 1 aromatic rings. The summed E-state index contributed by atoms with van der Waals surface area (Å²) >= 11 is 0. The molecule has 0 fully saturated rings. The van der Waals surface area contributed by atoms with E-state index < -0.39 is 4.92 Å². The molecular weight excluding hydrogens is 186 g/mol. The van der Waals surface area contributed by atoms with E-state index in [9.17, 15) is 10.1 Å². The standard InChI is InChI=1S/C8H9N3O3/c9-8(10-12)5-6-3-1-2-4-7(6)11(13)14/h1-4,12H,5H2,(H2,9,10). The summed E-state index contributed by atoms with van der Waals surface area (Å²) in [5.41, 5.74) is 5.65. The van der Waals surface area contributed by atoms with Crippen molar-refractivity contribution in [3.63, 3.8) is 0 Å². The van der Waals surface area contributed by atoms with Crippen molar-refractivity contribution in [2.24, 2.45) is 10.9 Å². The Hall–Kier alpha value is -2.11. The highest BCUT2D eigenvalue weighted by molar-refractivity contribution is 5.83. The number of para-hydroxylation sites is 1. The van der Waals surface area contributed by atoms with E-state index in [-0.39, 0.29) is 17.9 Å². The van der Waals surface area contributed by atoms with E-state index in [0.717, 1.165) is 0 Å². The van der Waals surface area contributed by atoms with Crippen LogP contribution in [0.25, 0.3) is 0 Å². The zero-order valence-corrected chi connectivity index (χ0v) is 7.25. The molecule has 0 aliphatic rings. The number of oxime groups is 1. The molecule has 0 aliphatic heterocycles. The van der Waals surface area contributed by atoms with Crippen molar-refractivity contribution in [1.82, 2.24) is 0 Å². The number of rotatable bonds is 3. The minimum Gasteiger partial charge on any atom is -0.409 e. The molecule has 0 unspecified atom stereocenters. The molecule has 1 aromatic carbocycles. The van der Waals surface area contributed by atoms with Crippen LogP contribution in [0.3, 0.4) is 0 Å². The van der Waals surface area contributed by atoms with Crippen molar-refractivity contribution in [3.05, 3.63) is 39.9 Å². The highest BCUT2D eigenvalue weighted by atomic mass is 16.6. The molecule has 0 amide bonds. The van der Waals surface area contributed by atoms with E-state index in [1.807, 2.05) is 0 Å². The topological polar surface area (TPSA) is 102 Å². The number of nitro benzene ring substituents is 1. The lowest BCUT2D eigenvalue weighted by Gasteiger charge is -2.00. The first-order valence-corrected chi connectivity index (χ1v) is 3.84. The lowest BCUT2D eigenvalue weighted by Crippen LogP contribution is -2.15. The molecule has 0 aromatic heterocycles. The Labute approximate surface area is 79.8 Å². The van der Waals surface area contributed by atoms with Crippen LogP contribution in [0.15, 0.2) is 29.4 Å². The van der Waals surface area contributed by atoms with E-state index in [2.05, 4.69) is 5.16 Å². The van der Waals surface area contributed by atoms with E-state index in [0.29, 0.717) is 5.56 Å². The number of amidine groups is 1. The van der Waals surface area contributed by atoms with Gasteiger partial charge in [-0.05, 0) is 0 Å². The van der Waals surface area contributed by atoms with Crippen LogP contribution >= 0.6 is 0 Å². The molecule has 0 radical (unpaired) electrons. The van der Waals surface area contributed by atoms with Gasteiger partial charge in [-0.3, -0.25) is 10.1 Å². The Kier molecular flexibility index (Phi) is 3.01. The zero-order chi connectivity index (χ0) is 10.6. The SMILES string of the molecule is N/C(Cc1ccccc1[N+](=O)[O-])=N\O. The summed E-state index contributed by atoms with van der Waals surface area (Å²) in [6, 6.07) is 6.16. The average molecular weight is 195 g/mol. The molecular formula is C8H9N3O3. The normalized spacial score (nSPS) is 11.3. The van der Waals surface area contributed by atoms with Crippen molar-refractivity contribution in [2.45, 2.75) is 6.42 Å². The summed E-state index contributed by atoms with van der Waals surface area (Å²) in [7, 11) is 0. The molecule has 74 valence electrons. The third-order valence-electron chi connectivity index (χ3n) is 1.69. The predicted molar refractivity (Wildman–Crippen MR) is 50.2 cm³/mol. The fraction of sp³-hybridized carbons (Fsp3) is 0.125. The smallest absolute Gasteiger partial charge is 0.273 e. The highest BCUT2D eigenvalue weighted by Gasteiger charge is 2.12. The van der Waals surface area contributed by atoms with Crippen LogP contribution in [-0.2, 0) is 6.42 Å². The Bertz CT molecular complexity index is 376. The second-order valence-corrected chi connectivity index (χ2v) is 2.65. The minimum absolute atomic E-state index is 0.0286. The van der Waals surface area contributed by atoms with Crippen LogP contribution in [0, 0.1) is 10.1 Å². The molecule has 1 rings (SSSR count). The Balaban J connectivity index is 3.02. The fourth-order valence-electron chi connectivity index (χ4n) is 1.07. The molecule has 6 nitrogen and oxygen atoms in total. The third-order valence-corrected chi connectivity index (χ3v) is 1.69. The van der Waals surface area contributed by atoms with Gasteiger partial charge in [0.2, 0.25) is 0 Å². The van der Waals surface area contributed by atoms with Crippen molar-refractivity contribution >= 4 is 11.5 Å². The summed E-state index contributed by atoms with van der Waals surface area (Å²) in [5.74, 6) is -0.0562. The average Bonchev–Trinajstić information content (AvgIpc) is 2.18. The molecule has 14 heavy (non-hydrogen) atoms.